The van der Waals surface area contributed by atoms with Crippen molar-refractivity contribution < 1.29 is 14.6 Å². The van der Waals surface area contributed by atoms with E-state index in [4.69, 9.17) is 16.3 Å². The van der Waals surface area contributed by atoms with E-state index in [-0.39, 0.29) is 17.9 Å². The van der Waals surface area contributed by atoms with Gasteiger partial charge in [0.1, 0.15) is 16.4 Å². The molecule has 0 aliphatic carbocycles. The maximum absolute atomic E-state index is 12.4. The molecule has 0 aromatic heterocycles. The number of nitrogens with zero attached hydrogens (tertiary/aromatic N) is 1. The van der Waals surface area contributed by atoms with Gasteiger partial charge in [-0.05, 0) is 43.7 Å². The molecule has 0 unspecified atom stereocenters. The maximum atomic E-state index is 12.4. The van der Waals surface area contributed by atoms with Crippen LogP contribution in [0.4, 0.5) is 5.69 Å². The number of aryl methyl sites for hydroxylation is 1. The van der Waals surface area contributed by atoms with Gasteiger partial charge in [-0.2, -0.15) is 0 Å². The van der Waals surface area contributed by atoms with Gasteiger partial charge in [0.05, 0.1) is 17.2 Å². The number of hydrogen-bond acceptors (Lipinski definition) is 5. The first-order valence-electron chi connectivity index (χ1n) is 8.39. The topological polar surface area (TPSA) is 58.9 Å². The molecule has 1 heterocycles. The largest absolute Gasteiger partial charge is 0.506 e. The van der Waals surface area contributed by atoms with Crippen LogP contribution in [0, 0.1) is 6.92 Å². The number of hydrogen-bond donors (Lipinski definition) is 1. The van der Waals surface area contributed by atoms with Gasteiger partial charge in [0.25, 0.3) is 0 Å². The highest BCUT2D eigenvalue weighted by atomic mass is 35.5. The van der Waals surface area contributed by atoms with Gasteiger partial charge in [-0.15, -0.1) is 0 Å². The van der Waals surface area contributed by atoms with Gasteiger partial charge in [-0.25, -0.2) is 9.79 Å². The van der Waals surface area contributed by atoms with Crippen LogP contribution in [-0.4, -0.2) is 22.7 Å². The normalized spacial score (nSPS) is 17.0. The van der Waals surface area contributed by atoms with Crippen LogP contribution in [-0.2, 0) is 9.53 Å². The molecular formula is C21H18ClNO3S. The average Bonchev–Trinajstić information content (AvgIpc) is 2.92. The van der Waals surface area contributed by atoms with E-state index < -0.39 is 5.97 Å². The first kappa shape index (κ1) is 19.3. The van der Waals surface area contributed by atoms with E-state index in [0.29, 0.717) is 20.7 Å². The molecule has 138 valence electrons. The van der Waals surface area contributed by atoms with Crippen LogP contribution < -0.4 is 0 Å². The number of aliphatic imine (C=N–C) groups is 1. The van der Waals surface area contributed by atoms with E-state index in [1.807, 2.05) is 37.3 Å². The number of aliphatic hydroxyl groups excluding tert-OH is 1. The molecule has 0 spiro atoms. The van der Waals surface area contributed by atoms with E-state index >= 15 is 0 Å². The zero-order valence-electron chi connectivity index (χ0n) is 14.9. The maximum Gasteiger partial charge on any atom is 0.344 e. The van der Waals surface area contributed by atoms with E-state index in [1.165, 1.54) is 11.8 Å². The highest BCUT2D eigenvalue weighted by molar-refractivity contribution is 8.18. The molecule has 1 aliphatic heterocycles. The Morgan fingerprint density at radius 2 is 2.00 bits per heavy atom. The summed E-state index contributed by atoms with van der Waals surface area (Å²) in [5.74, 6) is -0.726. The molecule has 0 fully saturated rings. The van der Waals surface area contributed by atoms with Crippen molar-refractivity contribution in [2.75, 3.05) is 6.61 Å². The third-order valence-corrected chi connectivity index (χ3v) is 5.04. The number of halogens is 1. The van der Waals surface area contributed by atoms with Crippen molar-refractivity contribution in [3.8, 4) is 0 Å². The van der Waals surface area contributed by atoms with E-state index in [2.05, 4.69) is 4.99 Å². The standard InChI is InChI=1S/C21H18ClNO3S/c1-3-26-21(25)18-19(24)17(11-14-9-7-13(2)8-10-14)27-20(18)23-16-6-4-5-15(22)12-16/h4-12,24H,3H2,1-2H3/b17-11-,23-20?. The van der Waals surface area contributed by atoms with Crippen LogP contribution in [0.1, 0.15) is 18.1 Å². The van der Waals surface area contributed by atoms with Crippen LogP contribution in [0.25, 0.3) is 6.08 Å². The van der Waals surface area contributed by atoms with Gasteiger partial charge < -0.3 is 9.84 Å². The van der Waals surface area contributed by atoms with E-state index in [1.54, 1.807) is 31.2 Å². The summed E-state index contributed by atoms with van der Waals surface area (Å²) in [6.45, 7) is 3.93. The number of benzene rings is 2. The SMILES string of the molecule is CCOC(=O)C1=C(O)/C(=C/c2ccc(C)cc2)SC1=Nc1cccc(Cl)c1. The van der Waals surface area contributed by atoms with Crippen molar-refractivity contribution in [1.29, 1.82) is 0 Å². The number of rotatable bonds is 4. The molecule has 1 aliphatic rings. The number of aliphatic hydroxyl groups is 1. The molecule has 0 atom stereocenters. The van der Waals surface area contributed by atoms with Gasteiger partial charge in [0.2, 0.25) is 0 Å². The van der Waals surface area contributed by atoms with Gasteiger partial charge in [0.15, 0.2) is 0 Å². The van der Waals surface area contributed by atoms with Crippen LogP contribution in [0.15, 0.2) is 69.8 Å². The van der Waals surface area contributed by atoms with Gasteiger partial charge in [-0.1, -0.05) is 59.3 Å². The van der Waals surface area contributed by atoms with Crippen molar-refractivity contribution >= 4 is 46.1 Å². The first-order chi connectivity index (χ1) is 13.0. The monoisotopic (exact) mass is 399 g/mol. The molecular weight excluding hydrogens is 382 g/mol. The summed E-state index contributed by atoms with van der Waals surface area (Å²) in [6, 6.07) is 14.9. The predicted molar refractivity (Wildman–Crippen MR) is 112 cm³/mol. The number of ether oxygens (including phenoxy) is 1. The molecule has 0 saturated carbocycles. The quantitative estimate of drug-likeness (QED) is 0.656. The molecule has 3 rings (SSSR count). The van der Waals surface area contributed by atoms with Crippen molar-refractivity contribution in [3.63, 3.8) is 0 Å². The molecule has 2 aromatic carbocycles. The van der Waals surface area contributed by atoms with Crippen LogP contribution in [0.5, 0.6) is 0 Å². The Kier molecular flexibility index (Phi) is 6.04. The third kappa shape index (κ3) is 4.62. The van der Waals surface area contributed by atoms with Crippen molar-refractivity contribution in [3.05, 3.63) is 80.9 Å². The second-order valence-electron chi connectivity index (χ2n) is 5.86. The Balaban J connectivity index is 2.03. The molecule has 0 saturated heterocycles. The summed E-state index contributed by atoms with van der Waals surface area (Å²) >= 11 is 7.24. The Morgan fingerprint density at radius 3 is 2.67 bits per heavy atom. The first-order valence-corrected chi connectivity index (χ1v) is 9.59. The fraction of sp³-hybridized carbons (Fsp3) is 0.143. The van der Waals surface area contributed by atoms with E-state index in [0.717, 1.165) is 11.1 Å². The van der Waals surface area contributed by atoms with Gasteiger partial charge >= 0.3 is 5.97 Å². The van der Waals surface area contributed by atoms with Gasteiger partial charge in [-0.3, -0.25) is 0 Å². The molecule has 27 heavy (non-hydrogen) atoms. The molecule has 6 heteroatoms. The Hall–Kier alpha value is -2.50. The number of carbonyl (C=O) groups excluding carboxylic acids is 1. The second kappa shape index (κ2) is 8.46. The summed E-state index contributed by atoms with van der Waals surface area (Å²) in [5.41, 5.74) is 2.73. The lowest BCUT2D eigenvalue weighted by Gasteiger charge is -2.04. The zero-order chi connectivity index (χ0) is 19.4. The van der Waals surface area contributed by atoms with Crippen LogP contribution >= 0.6 is 23.4 Å². The van der Waals surface area contributed by atoms with Crippen LogP contribution in [0.3, 0.4) is 0 Å². The fourth-order valence-corrected chi connectivity index (χ4v) is 3.69. The lowest BCUT2D eigenvalue weighted by Crippen LogP contribution is -2.12. The second-order valence-corrected chi connectivity index (χ2v) is 7.33. The van der Waals surface area contributed by atoms with Crippen molar-refractivity contribution in [2.24, 2.45) is 4.99 Å². The minimum absolute atomic E-state index is 0.0696. The number of thioether (sulfide) groups is 1. The Bertz CT molecular complexity index is 962. The summed E-state index contributed by atoms with van der Waals surface area (Å²) < 4.78 is 5.10. The number of esters is 1. The molecule has 1 N–H and O–H groups in total. The predicted octanol–water partition coefficient (Wildman–Crippen LogP) is 5.84. The highest BCUT2D eigenvalue weighted by Gasteiger charge is 2.33. The number of carbonyl (C=O) groups is 1. The smallest absolute Gasteiger partial charge is 0.344 e. The molecule has 0 radical (unpaired) electrons. The lowest BCUT2D eigenvalue weighted by atomic mass is 10.1. The summed E-state index contributed by atoms with van der Waals surface area (Å²) in [7, 11) is 0. The fourth-order valence-electron chi connectivity index (χ4n) is 2.47. The van der Waals surface area contributed by atoms with Gasteiger partial charge in [0, 0.05) is 5.02 Å². The van der Waals surface area contributed by atoms with Crippen molar-refractivity contribution in [1.82, 2.24) is 0 Å². The Labute approximate surface area is 167 Å². The van der Waals surface area contributed by atoms with E-state index in [9.17, 15) is 9.90 Å². The molecule has 4 nitrogen and oxygen atoms in total. The lowest BCUT2D eigenvalue weighted by molar-refractivity contribution is -0.138. The zero-order valence-corrected chi connectivity index (χ0v) is 16.5. The third-order valence-electron chi connectivity index (χ3n) is 3.78. The minimum Gasteiger partial charge on any atom is -0.506 e. The van der Waals surface area contributed by atoms with Crippen LogP contribution in [0.2, 0.25) is 5.02 Å². The molecule has 0 bridgehead atoms. The summed E-state index contributed by atoms with van der Waals surface area (Å²) in [4.78, 5) is 17.4. The Morgan fingerprint density at radius 1 is 1.26 bits per heavy atom. The van der Waals surface area contributed by atoms with Crippen molar-refractivity contribution in [2.45, 2.75) is 13.8 Å². The summed E-state index contributed by atoms with van der Waals surface area (Å²) in [6.07, 6.45) is 1.82. The average molecular weight is 400 g/mol. The molecule has 0 amide bonds. The minimum atomic E-state index is -0.601. The highest BCUT2D eigenvalue weighted by Crippen LogP contribution is 2.40. The molecule has 2 aromatic rings. The summed E-state index contributed by atoms with van der Waals surface area (Å²) in [5, 5.41) is 11.6.